The van der Waals surface area contributed by atoms with Gasteiger partial charge in [-0.05, 0) is 0 Å². The number of nitrogens with zero attached hydrogens (tertiary/aromatic N) is 5. The van der Waals surface area contributed by atoms with Crippen LogP contribution in [0.5, 0.6) is 11.9 Å². The van der Waals surface area contributed by atoms with Crippen LogP contribution < -0.4 is 8.92 Å². The van der Waals surface area contributed by atoms with E-state index < -0.39 is 21.6 Å². The fraction of sp³-hybridized carbons (Fsp3) is 0.333. The van der Waals surface area contributed by atoms with Crippen molar-refractivity contribution >= 4 is 21.3 Å². The van der Waals surface area contributed by atoms with Gasteiger partial charge in [-0.3, -0.25) is 0 Å². The van der Waals surface area contributed by atoms with E-state index in [1.165, 1.54) is 17.0 Å². The fourth-order valence-electron chi connectivity index (χ4n) is 1.65. The summed E-state index contributed by atoms with van der Waals surface area (Å²) in [4.78, 5) is 11.1. The molecule has 25 heavy (non-hydrogen) atoms. The van der Waals surface area contributed by atoms with E-state index in [9.17, 15) is 21.6 Å². The molecular formula is C12H10F3N5O4S. The van der Waals surface area contributed by atoms with E-state index in [1.54, 1.807) is 0 Å². The van der Waals surface area contributed by atoms with Crippen molar-refractivity contribution in [1.29, 1.82) is 5.26 Å². The smallest absolute Gasteiger partial charge is 0.472 e. The molecule has 2 rings (SSSR count). The molecule has 0 radical (unpaired) electrons. The Hall–Kier alpha value is -2.88. The molecule has 2 aromatic rings. The van der Waals surface area contributed by atoms with Gasteiger partial charge in [0.25, 0.3) is 0 Å². The van der Waals surface area contributed by atoms with E-state index in [0.717, 1.165) is 0 Å². The van der Waals surface area contributed by atoms with Crippen LogP contribution in [-0.2, 0) is 16.7 Å². The zero-order chi connectivity index (χ0) is 18.7. The molecule has 0 N–H and O–H groups in total. The molecule has 2 heterocycles. The Morgan fingerprint density at radius 2 is 2.12 bits per heavy atom. The standard InChI is InChI=1S/C12H10F3N5O4S/c1-2-6-23-10-8-9(20(7-17-8)5-3-4-16)18-11(19-10)24-25(21,22)12(13,14)15/h2,7H,1,3,5-6H2. The maximum Gasteiger partial charge on any atom is 0.534 e. The van der Waals surface area contributed by atoms with E-state index >= 15 is 0 Å². The lowest BCUT2D eigenvalue weighted by Gasteiger charge is -2.10. The summed E-state index contributed by atoms with van der Waals surface area (Å²) in [6.45, 7) is 3.46. The van der Waals surface area contributed by atoms with Crippen LogP contribution in [0.1, 0.15) is 6.42 Å². The summed E-state index contributed by atoms with van der Waals surface area (Å²) in [7, 11) is -5.95. The highest BCUT2D eigenvalue weighted by molar-refractivity contribution is 7.87. The summed E-state index contributed by atoms with van der Waals surface area (Å²) >= 11 is 0. The third-order valence-corrected chi connectivity index (χ3v) is 3.62. The molecule has 0 saturated heterocycles. The van der Waals surface area contributed by atoms with Gasteiger partial charge in [-0.15, -0.1) is 0 Å². The molecule has 2 aromatic heterocycles. The summed E-state index contributed by atoms with van der Waals surface area (Å²) in [5, 5.41) is 8.62. The maximum atomic E-state index is 12.5. The number of hydrogen-bond acceptors (Lipinski definition) is 8. The average molecular weight is 377 g/mol. The molecule has 0 aromatic carbocycles. The predicted molar refractivity (Wildman–Crippen MR) is 76.8 cm³/mol. The monoisotopic (exact) mass is 377 g/mol. The Morgan fingerprint density at radius 1 is 1.40 bits per heavy atom. The third-order valence-electron chi connectivity index (χ3n) is 2.68. The number of alkyl halides is 3. The normalized spacial score (nSPS) is 11.9. The zero-order valence-corrected chi connectivity index (χ0v) is 13.2. The lowest BCUT2D eigenvalue weighted by Crippen LogP contribution is -2.28. The first-order valence-corrected chi connectivity index (χ1v) is 7.94. The Kier molecular flexibility index (Phi) is 5.12. The second kappa shape index (κ2) is 6.93. The van der Waals surface area contributed by atoms with Crippen molar-refractivity contribution in [2.24, 2.45) is 0 Å². The first kappa shape index (κ1) is 18.5. The van der Waals surface area contributed by atoms with Gasteiger partial charge in [-0.25, -0.2) is 4.98 Å². The first-order valence-electron chi connectivity index (χ1n) is 6.54. The van der Waals surface area contributed by atoms with Gasteiger partial charge in [0.05, 0.1) is 18.8 Å². The number of imidazole rings is 1. The molecule has 0 atom stereocenters. The van der Waals surface area contributed by atoms with Crippen molar-refractivity contribution in [2.45, 2.75) is 18.5 Å². The molecule has 0 fully saturated rings. The minimum atomic E-state index is -5.95. The molecule has 0 spiro atoms. The minimum absolute atomic E-state index is 0.0447. The SMILES string of the molecule is C=CCOc1nc(OS(=O)(=O)C(F)(F)F)nc2c1ncn2CCC#N. The number of aromatic nitrogens is 4. The van der Waals surface area contributed by atoms with Gasteiger partial charge in [-0.2, -0.15) is 36.8 Å². The van der Waals surface area contributed by atoms with Gasteiger partial charge in [0, 0.05) is 6.54 Å². The van der Waals surface area contributed by atoms with Crippen molar-refractivity contribution < 1.29 is 30.5 Å². The Morgan fingerprint density at radius 3 is 2.72 bits per heavy atom. The van der Waals surface area contributed by atoms with Crippen LogP contribution in [0.25, 0.3) is 11.2 Å². The Bertz CT molecular complexity index is 933. The second-order valence-electron chi connectivity index (χ2n) is 4.41. The second-order valence-corrected chi connectivity index (χ2v) is 5.95. The number of nitriles is 1. The Balaban J connectivity index is 2.53. The fourth-order valence-corrected chi connectivity index (χ4v) is 2.02. The molecule has 0 aliphatic heterocycles. The average Bonchev–Trinajstić information content (AvgIpc) is 2.92. The van der Waals surface area contributed by atoms with Crippen molar-refractivity contribution in [1.82, 2.24) is 19.5 Å². The van der Waals surface area contributed by atoms with E-state index in [-0.39, 0.29) is 36.6 Å². The topological polar surface area (TPSA) is 120 Å². The van der Waals surface area contributed by atoms with Gasteiger partial charge >= 0.3 is 21.6 Å². The first-order chi connectivity index (χ1) is 11.7. The van der Waals surface area contributed by atoms with E-state index in [2.05, 4.69) is 25.7 Å². The molecule has 134 valence electrons. The van der Waals surface area contributed by atoms with Crippen LogP contribution in [0.3, 0.4) is 0 Å². The minimum Gasteiger partial charge on any atom is -0.472 e. The summed E-state index contributed by atoms with van der Waals surface area (Å²) in [5.41, 5.74) is -5.62. The lowest BCUT2D eigenvalue weighted by atomic mass is 10.4. The molecular weight excluding hydrogens is 367 g/mol. The number of halogens is 3. The zero-order valence-electron chi connectivity index (χ0n) is 12.4. The lowest BCUT2D eigenvalue weighted by molar-refractivity contribution is -0.0502. The van der Waals surface area contributed by atoms with Gasteiger partial charge < -0.3 is 13.5 Å². The number of hydrogen-bond donors (Lipinski definition) is 0. The Labute approximate surface area is 139 Å². The number of aryl methyl sites for hydroxylation is 1. The quantitative estimate of drug-likeness (QED) is 0.405. The van der Waals surface area contributed by atoms with E-state index in [4.69, 9.17) is 10.00 Å². The van der Waals surface area contributed by atoms with Gasteiger partial charge in [-0.1, -0.05) is 12.7 Å². The highest BCUT2D eigenvalue weighted by atomic mass is 32.2. The van der Waals surface area contributed by atoms with Crippen LogP contribution in [0.4, 0.5) is 13.2 Å². The molecule has 0 aliphatic rings. The molecule has 0 saturated carbocycles. The van der Waals surface area contributed by atoms with E-state index in [1.807, 2.05) is 6.07 Å². The van der Waals surface area contributed by atoms with Crippen molar-refractivity contribution in [2.75, 3.05) is 6.61 Å². The van der Waals surface area contributed by atoms with Gasteiger partial charge in [0.1, 0.15) is 6.61 Å². The van der Waals surface area contributed by atoms with Crippen molar-refractivity contribution in [3.8, 4) is 18.0 Å². The van der Waals surface area contributed by atoms with Crippen LogP contribution >= 0.6 is 0 Å². The number of fused-ring (bicyclic) bond motifs is 1. The highest BCUT2D eigenvalue weighted by Crippen LogP contribution is 2.28. The van der Waals surface area contributed by atoms with E-state index in [0.29, 0.717) is 0 Å². The highest BCUT2D eigenvalue weighted by Gasteiger charge is 2.49. The van der Waals surface area contributed by atoms with Crippen LogP contribution in [0.2, 0.25) is 0 Å². The molecule has 0 amide bonds. The van der Waals surface area contributed by atoms with Crippen molar-refractivity contribution in [3.05, 3.63) is 19.0 Å². The van der Waals surface area contributed by atoms with Gasteiger partial charge in [0.2, 0.25) is 5.88 Å². The van der Waals surface area contributed by atoms with Crippen LogP contribution in [0, 0.1) is 11.3 Å². The summed E-state index contributed by atoms with van der Waals surface area (Å²) in [5.74, 6) is -0.284. The summed E-state index contributed by atoms with van der Waals surface area (Å²) in [6.07, 6.45) is 2.67. The number of ether oxygens (including phenoxy) is 1. The third kappa shape index (κ3) is 3.97. The summed E-state index contributed by atoms with van der Waals surface area (Å²) < 4.78 is 70.0. The molecule has 0 unspecified atom stereocenters. The molecule has 9 nitrogen and oxygen atoms in total. The molecule has 0 bridgehead atoms. The van der Waals surface area contributed by atoms with Crippen LogP contribution in [0.15, 0.2) is 19.0 Å². The van der Waals surface area contributed by atoms with Crippen LogP contribution in [-0.4, -0.2) is 40.1 Å². The van der Waals surface area contributed by atoms with Crippen molar-refractivity contribution in [3.63, 3.8) is 0 Å². The number of rotatable bonds is 7. The molecule has 0 aliphatic carbocycles. The summed E-state index contributed by atoms with van der Waals surface area (Å²) in [6, 6.07) is 0.799. The molecule has 13 heteroatoms. The van der Waals surface area contributed by atoms with Gasteiger partial charge in [0.15, 0.2) is 11.2 Å². The predicted octanol–water partition coefficient (Wildman–Crippen LogP) is 1.53. The largest absolute Gasteiger partial charge is 0.534 e. The maximum absolute atomic E-state index is 12.5.